The van der Waals surface area contributed by atoms with Crippen molar-refractivity contribution in [3.63, 3.8) is 0 Å². The fourth-order valence-electron chi connectivity index (χ4n) is 1.96. The highest BCUT2D eigenvalue weighted by molar-refractivity contribution is 9.10. The molecule has 0 heterocycles. The molecule has 0 unspecified atom stereocenters. The lowest BCUT2D eigenvalue weighted by molar-refractivity contribution is -0.256. The summed E-state index contributed by atoms with van der Waals surface area (Å²) in [5.41, 5.74) is -1.21. The number of hydrogen-bond acceptors (Lipinski definition) is 6. The number of benzene rings is 2. The molecule has 0 fully saturated rings. The van der Waals surface area contributed by atoms with Crippen molar-refractivity contribution in [3.8, 4) is 0 Å². The zero-order valence-corrected chi connectivity index (χ0v) is 11.2. The number of aromatic carboxylic acids is 3. The topological polar surface area (TPSA) is 120 Å². The van der Waals surface area contributed by atoms with Crippen molar-refractivity contribution >= 4 is 44.6 Å². The lowest BCUT2D eigenvalue weighted by Crippen LogP contribution is -2.28. The van der Waals surface area contributed by atoms with E-state index in [0.29, 0.717) is 0 Å². The summed E-state index contributed by atoms with van der Waals surface area (Å²) in [5.74, 6) is -4.81. The first kappa shape index (κ1) is 14.0. The van der Waals surface area contributed by atoms with Gasteiger partial charge < -0.3 is 29.7 Å². The maximum Gasteiger partial charge on any atom is 0.0721 e. The lowest BCUT2D eigenvalue weighted by atomic mass is 9.95. The van der Waals surface area contributed by atoms with Crippen LogP contribution in [0.25, 0.3) is 10.8 Å². The molecule has 6 nitrogen and oxygen atoms in total. The molecular formula is C13H4BrO6-3. The SMILES string of the molecule is O=C([O-])c1ccc(C(=O)[O-])c2c(C(=O)[O-])ccc(Br)c12. The van der Waals surface area contributed by atoms with Crippen molar-refractivity contribution in [2.45, 2.75) is 0 Å². The summed E-state index contributed by atoms with van der Waals surface area (Å²) in [5, 5.41) is 32.9. The van der Waals surface area contributed by atoms with Gasteiger partial charge in [0.1, 0.15) is 0 Å². The molecule has 0 saturated heterocycles. The minimum atomic E-state index is -1.62. The lowest BCUT2D eigenvalue weighted by Gasteiger charge is -2.17. The van der Waals surface area contributed by atoms with E-state index in [1.807, 2.05) is 0 Å². The number of hydrogen-bond donors (Lipinski definition) is 0. The van der Waals surface area contributed by atoms with E-state index in [1.165, 1.54) is 6.07 Å². The van der Waals surface area contributed by atoms with Gasteiger partial charge in [-0.3, -0.25) is 0 Å². The normalized spacial score (nSPS) is 10.4. The molecule has 20 heavy (non-hydrogen) atoms. The maximum atomic E-state index is 11.1. The first-order valence-electron chi connectivity index (χ1n) is 5.24. The largest absolute Gasteiger partial charge is 0.545 e. The van der Waals surface area contributed by atoms with Gasteiger partial charge in [0.15, 0.2) is 0 Å². The molecule has 7 heteroatoms. The molecule has 0 radical (unpaired) electrons. The molecule has 0 aliphatic carbocycles. The van der Waals surface area contributed by atoms with Crippen LogP contribution in [0.15, 0.2) is 28.7 Å². The Hall–Kier alpha value is -2.41. The molecule has 102 valence electrons. The first-order valence-corrected chi connectivity index (χ1v) is 6.03. The molecule has 0 saturated carbocycles. The number of fused-ring (bicyclic) bond motifs is 1. The Labute approximate surface area is 120 Å². The molecule has 0 spiro atoms. The monoisotopic (exact) mass is 335 g/mol. The van der Waals surface area contributed by atoms with Crippen molar-refractivity contribution in [2.75, 3.05) is 0 Å². The van der Waals surface area contributed by atoms with Gasteiger partial charge in [0.2, 0.25) is 0 Å². The van der Waals surface area contributed by atoms with Crippen LogP contribution in [0.5, 0.6) is 0 Å². The van der Waals surface area contributed by atoms with E-state index in [4.69, 9.17) is 0 Å². The van der Waals surface area contributed by atoms with Gasteiger partial charge in [0, 0.05) is 31.9 Å². The van der Waals surface area contributed by atoms with E-state index in [2.05, 4.69) is 15.9 Å². The van der Waals surface area contributed by atoms with Crippen LogP contribution in [-0.2, 0) is 0 Å². The van der Waals surface area contributed by atoms with Crippen LogP contribution in [0.3, 0.4) is 0 Å². The fourth-order valence-corrected chi connectivity index (χ4v) is 2.51. The average molecular weight is 336 g/mol. The number of carbonyl (C=O) groups is 3. The van der Waals surface area contributed by atoms with E-state index in [1.54, 1.807) is 0 Å². The summed E-state index contributed by atoms with van der Waals surface area (Å²) in [6, 6.07) is 4.39. The standard InChI is InChI=1S/C13H7BrO6/c14-8-4-3-6(12(17)18)9-5(11(15)16)1-2-7(10(8)9)13(19)20/h1-4H,(H,15,16)(H,17,18)(H,19,20)/p-3. The molecule has 0 atom stereocenters. The summed E-state index contributed by atoms with van der Waals surface area (Å²) in [7, 11) is 0. The number of carbonyl (C=O) groups excluding carboxylic acids is 3. The highest BCUT2D eigenvalue weighted by atomic mass is 79.9. The zero-order valence-electron chi connectivity index (χ0n) is 9.64. The van der Waals surface area contributed by atoms with Gasteiger partial charge in [-0.2, -0.15) is 0 Å². The third-order valence-electron chi connectivity index (χ3n) is 2.77. The molecule has 0 aliphatic heterocycles. The van der Waals surface area contributed by atoms with Crippen molar-refractivity contribution in [2.24, 2.45) is 0 Å². The average Bonchev–Trinajstić information content (AvgIpc) is 2.37. The van der Waals surface area contributed by atoms with Crippen LogP contribution in [0.4, 0.5) is 0 Å². The molecule has 0 aliphatic rings. The smallest absolute Gasteiger partial charge is 0.0721 e. The van der Waals surface area contributed by atoms with Crippen LogP contribution >= 0.6 is 15.9 Å². The second kappa shape index (κ2) is 4.93. The Bertz CT molecular complexity index is 745. The van der Waals surface area contributed by atoms with E-state index in [9.17, 15) is 29.7 Å². The van der Waals surface area contributed by atoms with Crippen molar-refractivity contribution in [3.05, 3.63) is 45.4 Å². The molecule has 2 aromatic rings. The Morgan fingerprint density at radius 1 is 0.700 bits per heavy atom. The van der Waals surface area contributed by atoms with Crippen LogP contribution in [0.2, 0.25) is 0 Å². The highest BCUT2D eigenvalue weighted by Gasteiger charge is 2.15. The summed E-state index contributed by atoms with van der Waals surface area (Å²) in [6.45, 7) is 0. The summed E-state index contributed by atoms with van der Waals surface area (Å²) < 4.78 is 0.222. The summed E-state index contributed by atoms with van der Waals surface area (Å²) in [4.78, 5) is 33.2. The summed E-state index contributed by atoms with van der Waals surface area (Å²) in [6.07, 6.45) is 0. The van der Waals surface area contributed by atoms with Crippen molar-refractivity contribution < 1.29 is 29.7 Å². The molecule has 0 aromatic heterocycles. The predicted molar refractivity (Wildman–Crippen MR) is 64.6 cm³/mol. The zero-order chi connectivity index (χ0) is 15.0. The van der Waals surface area contributed by atoms with E-state index < -0.39 is 29.0 Å². The Morgan fingerprint density at radius 3 is 1.45 bits per heavy atom. The Balaban J connectivity index is 3.10. The number of carboxylic acid groups (broad SMARTS) is 3. The van der Waals surface area contributed by atoms with Crippen molar-refractivity contribution in [1.82, 2.24) is 0 Å². The van der Waals surface area contributed by atoms with E-state index >= 15 is 0 Å². The van der Waals surface area contributed by atoms with Gasteiger partial charge in [-0.15, -0.1) is 0 Å². The highest BCUT2D eigenvalue weighted by Crippen LogP contribution is 2.32. The number of halogens is 1. The molecule has 0 N–H and O–H groups in total. The molecule has 2 aromatic carbocycles. The maximum absolute atomic E-state index is 11.1. The molecule has 0 bridgehead atoms. The van der Waals surface area contributed by atoms with Crippen LogP contribution in [0.1, 0.15) is 31.1 Å². The third-order valence-corrected chi connectivity index (χ3v) is 3.43. The van der Waals surface area contributed by atoms with Crippen LogP contribution in [0, 0.1) is 0 Å². The minimum Gasteiger partial charge on any atom is -0.545 e. The number of rotatable bonds is 3. The predicted octanol–water partition coefficient (Wildman–Crippen LogP) is -1.31. The van der Waals surface area contributed by atoms with Gasteiger partial charge in [-0.1, -0.05) is 34.1 Å². The Morgan fingerprint density at radius 2 is 1.05 bits per heavy atom. The first-order chi connectivity index (χ1) is 9.34. The molecular weight excluding hydrogens is 332 g/mol. The number of carboxylic acids is 3. The second-order valence-electron chi connectivity index (χ2n) is 3.87. The van der Waals surface area contributed by atoms with Gasteiger partial charge in [0.05, 0.1) is 17.9 Å². The Kier molecular flexibility index (Phi) is 3.46. The van der Waals surface area contributed by atoms with Crippen LogP contribution < -0.4 is 15.3 Å². The third kappa shape index (κ3) is 2.12. The molecule has 0 amide bonds. The van der Waals surface area contributed by atoms with Crippen LogP contribution in [-0.4, -0.2) is 17.9 Å². The quantitative estimate of drug-likeness (QED) is 0.686. The van der Waals surface area contributed by atoms with Gasteiger partial charge in [-0.25, -0.2) is 0 Å². The van der Waals surface area contributed by atoms with Gasteiger partial charge in [0.25, 0.3) is 0 Å². The second-order valence-corrected chi connectivity index (χ2v) is 4.72. The van der Waals surface area contributed by atoms with E-state index in [-0.39, 0.29) is 20.8 Å². The van der Waals surface area contributed by atoms with E-state index in [0.717, 1.165) is 18.2 Å². The molecule has 2 rings (SSSR count). The van der Waals surface area contributed by atoms with Gasteiger partial charge in [-0.05, 0) is 6.07 Å². The van der Waals surface area contributed by atoms with Gasteiger partial charge >= 0.3 is 0 Å². The minimum absolute atomic E-state index is 0.0894. The fraction of sp³-hybridized carbons (Fsp3) is 0. The van der Waals surface area contributed by atoms with Crippen molar-refractivity contribution in [1.29, 1.82) is 0 Å². The summed E-state index contributed by atoms with van der Waals surface area (Å²) >= 11 is 3.06.